The molecule has 0 saturated heterocycles. The summed E-state index contributed by atoms with van der Waals surface area (Å²) in [5, 5.41) is 0. The maximum absolute atomic E-state index is 12.6. The molecule has 0 amide bonds. The molecular weight excluding hydrogens is 693 g/mol. The van der Waals surface area contributed by atoms with Crippen molar-refractivity contribution in [3.05, 3.63) is 36.5 Å². The first-order chi connectivity index (χ1) is 25.4. The first kappa shape index (κ1) is 50.9. The van der Waals surface area contributed by atoms with Gasteiger partial charge in [0, 0.05) is 19.3 Å². The fraction of sp³-hybridized carbons (Fsp3) is 0.786. The number of phosphoric ester groups is 1. The number of allylic oxidation sites excluding steroid dienone is 6. The zero-order valence-corrected chi connectivity index (χ0v) is 35.1. The van der Waals surface area contributed by atoms with E-state index < -0.39 is 32.5 Å². The predicted octanol–water partition coefficient (Wildman–Crippen LogP) is 10.5. The molecule has 2 atom stereocenters. The van der Waals surface area contributed by atoms with Crippen molar-refractivity contribution >= 4 is 25.5 Å². The highest BCUT2D eigenvalue weighted by molar-refractivity contribution is 7.47. The molecule has 0 aliphatic rings. The highest BCUT2D eigenvalue weighted by atomic mass is 31.2. The quantitative estimate of drug-likeness (QED) is 0.0125. The van der Waals surface area contributed by atoms with E-state index in [-0.39, 0.29) is 31.8 Å². The van der Waals surface area contributed by atoms with E-state index in [9.17, 15) is 23.8 Å². The zero-order chi connectivity index (χ0) is 39.5. The summed E-state index contributed by atoms with van der Waals surface area (Å²) in [5.41, 5.74) is 0. The lowest BCUT2D eigenvalue weighted by Gasteiger charge is -2.24. The monoisotopic (exact) mass is 771 g/mol. The van der Waals surface area contributed by atoms with E-state index in [4.69, 9.17) is 18.5 Å². The second-order valence-electron chi connectivity index (χ2n) is 15.1. The van der Waals surface area contributed by atoms with Crippen LogP contribution in [0.1, 0.15) is 162 Å². The summed E-state index contributed by atoms with van der Waals surface area (Å²) < 4.78 is 34.1. The van der Waals surface area contributed by atoms with Crippen LogP contribution in [-0.2, 0) is 37.5 Å². The Morgan fingerprint density at radius 2 is 1.13 bits per heavy atom. The van der Waals surface area contributed by atoms with E-state index >= 15 is 0 Å². The van der Waals surface area contributed by atoms with Crippen LogP contribution in [0.4, 0.5) is 0 Å². The van der Waals surface area contributed by atoms with Gasteiger partial charge in [0.2, 0.25) is 0 Å². The van der Waals surface area contributed by atoms with Crippen LogP contribution in [0.3, 0.4) is 0 Å². The number of nitrogens with zero attached hydrogens (tertiary/aromatic N) is 1. The Morgan fingerprint density at radius 3 is 1.75 bits per heavy atom. The van der Waals surface area contributed by atoms with E-state index in [2.05, 4.69) is 32.1 Å². The second-order valence-corrected chi connectivity index (χ2v) is 16.5. The van der Waals surface area contributed by atoms with Crippen LogP contribution < -0.4 is 0 Å². The van der Waals surface area contributed by atoms with Crippen molar-refractivity contribution in [1.29, 1.82) is 0 Å². The Morgan fingerprint density at radius 1 is 0.623 bits per heavy atom. The van der Waals surface area contributed by atoms with Crippen molar-refractivity contribution < 1.29 is 46.8 Å². The molecule has 0 fully saturated rings. The van der Waals surface area contributed by atoms with Gasteiger partial charge in [-0.1, -0.05) is 115 Å². The maximum Gasteiger partial charge on any atom is 0.472 e. The summed E-state index contributed by atoms with van der Waals surface area (Å²) in [6.07, 6.45) is 32.9. The van der Waals surface area contributed by atoms with Crippen molar-refractivity contribution in [2.75, 3.05) is 47.5 Å². The van der Waals surface area contributed by atoms with Gasteiger partial charge in [-0.15, -0.1) is 0 Å². The Hall–Kier alpha value is -2.10. The minimum atomic E-state index is -4.40. The molecule has 0 aliphatic heterocycles. The summed E-state index contributed by atoms with van der Waals surface area (Å²) in [7, 11) is 1.39. The number of hydrogen-bond acceptors (Lipinski definition) is 8. The molecule has 308 valence electrons. The molecule has 0 rings (SSSR count). The van der Waals surface area contributed by atoms with E-state index in [0.29, 0.717) is 30.3 Å². The number of esters is 2. The van der Waals surface area contributed by atoms with Gasteiger partial charge in [-0.2, -0.15) is 0 Å². The van der Waals surface area contributed by atoms with Gasteiger partial charge in [-0.05, 0) is 63.9 Å². The summed E-state index contributed by atoms with van der Waals surface area (Å²) in [5.74, 6) is -0.784. The molecule has 0 aliphatic carbocycles. The maximum atomic E-state index is 12.6. The molecular formula is C42H77NO9P+. The molecule has 53 heavy (non-hydrogen) atoms. The van der Waals surface area contributed by atoms with Gasteiger partial charge in [0.05, 0.1) is 27.7 Å². The van der Waals surface area contributed by atoms with Crippen molar-refractivity contribution in [2.45, 2.75) is 168 Å². The van der Waals surface area contributed by atoms with Crippen LogP contribution in [-0.4, -0.2) is 80.7 Å². The molecule has 10 nitrogen and oxygen atoms in total. The molecule has 0 spiro atoms. The fourth-order valence-corrected chi connectivity index (χ4v) is 6.02. The first-order valence-corrected chi connectivity index (χ1v) is 22.2. The molecule has 0 aromatic carbocycles. The molecule has 1 N–H and O–H groups in total. The minimum absolute atomic E-state index is 0.00788. The average Bonchev–Trinajstić information content (AvgIpc) is 3.10. The Balaban J connectivity index is 4.51. The number of phosphoric acid groups is 1. The number of quaternary nitrogens is 1. The van der Waals surface area contributed by atoms with Crippen molar-refractivity contribution in [3.63, 3.8) is 0 Å². The van der Waals surface area contributed by atoms with Crippen molar-refractivity contribution in [1.82, 2.24) is 0 Å². The number of ether oxygens (including phenoxy) is 2. The van der Waals surface area contributed by atoms with Crippen LogP contribution in [0, 0.1) is 0 Å². The number of carbonyl (C=O) groups excluding carboxylic acids is 3. The second kappa shape index (κ2) is 34.4. The number of carbonyl (C=O) groups is 3. The van der Waals surface area contributed by atoms with Gasteiger partial charge in [-0.25, -0.2) is 4.57 Å². The number of rotatable bonds is 37. The van der Waals surface area contributed by atoms with Crippen molar-refractivity contribution in [2.24, 2.45) is 0 Å². The zero-order valence-electron chi connectivity index (χ0n) is 34.2. The van der Waals surface area contributed by atoms with Gasteiger partial charge in [-0.3, -0.25) is 23.4 Å². The third kappa shape index (κ3) is 38.0. The lowest BCUT2D eigenvalue weighted by molar-refractivity contribution is -0.870. The summed E-state index contributed by atoms with van der Waals surface area (Å²) >= 11 is 0. The van der Waals surface area contributed by atoms with E-state index in [1.54, 1.807) is 6.08 Å². The molecule has 11 heteroatoms. The third-order valence-electron chi connectivity index (χ3n) is 8.62. The molecule has 1 unspecified atom stereocenters. The number of ketones is 1. The third-order valence-corrected chi connectivity index (χ3v) is 9.60. The number of hydrogen-bond donors (Lipinski definition) is 1. The van der Waals surface area contributed by atoms with Gasteiger partial charge in [0.25, 0.3) is 0 Å². The normalized spacial score (nSPS) is 13.9. The topological polar surface area (TPSA) is 125 Å². The summed E-state index contributed by atoms with van der Waals surface area (Å²) in [6, 6.07) is 0. The summed E-state index contributed by atoms with van der Waals surface area (Å²) in [4.78, 5) is 47.3. The van der Waals surface area contributed by atoms with E-state index in [0.717, 1.165) is 64.2 Å². The Labute approximate surface area is 323 Å². The molecule has 0 saturated carbocycles. The Kier molecular flexibility index (Phi) is 33.0. The van der Waals surface area contributed by atoms with Gasteiger partial charge < -0.3 is 18.9 Å². The van der Waals surface area contributed by atoms with E-state index in [1.807, 2.05) is 33.3 Å². The average molecular weight is 771 g/mol. The van der Waals surface area contributed by atoms with Crippen LogP contribution in [0.5, 0.6) is 0 Å². The highest BCUT2D eigenvalue weighted by Crippen LogP contribution is 2.43. The highest BCUT2D eigenvalue weighted by Gasteiger charge is 2.27. The molecule has 0 heterocycles. The Bertz CT molecular complexity index is 1070. The molecule has 0 aromatic rings. The fourth-order valence-electron chi connectivity index (χ4n) is 5.28. The first-order valence-electron chi connectivity index (χ1n) is 20.7. The van der Waals surface area contributed by atoms with Gasteiger partial charge in [0.1, 0.15) is 19.8 Å². The van der Waals surface area contributed by atoms with Crippen LogP contribution in [0.15, 0.2) is 36.5 Å². The largest absolute Gasteiger partial charge is 0.472 e. The molecule has 0 aromatic heterocycles. The van der Waals surface area contributed by atoms with Crippen LogP contribution in [0.2, 0.25) is 0 Å². The van der Waals surface area contributed by atoms with Crippen LogP contribution in [0.25, 0.3) is 0 Å². The molecule has 0 radical (unpaired) electrons. The van der Waals surface area contributed by atoms with Crippen molar-refractivity contribution in [3.8, 4) is 0 Å². The lowest BCUT2D eigenvalue weighted by Crippen LogP contribution is -2.37. The number of unbranched alkanes of at least 4 members (excludes halogenated alkanes) is 16. The summed E-state index contributed by atoms with van der Waals surface area (Å²) in [6.45, 7) is 4.19. The minimum Gasteiger partial charge on any atom is -0.462 e. The van der Waals surface area contributed by atoms with Gasteiger partial charge in [0.15, 0.2) is 11.9 Å². The lowest BCUT2D eigenvalue weighted by atomic mass is 10.1. The predicted molar refractivity (Wildman–Crippen MR) is 215 cm³/mol. The van der Waals surface area contributed by atoms with Gasteiger partial charge >= 0.3 is 19.8 Å². The standard InChI is InChI=1S/C42H76NO9P/c1-6-8-10-12-14-15-16-17-18-19-21-25-29-33-41(45)49-37-40(38-51-53(47,48)50-36-35-43(3,4)5)52-42(46)34-30-26-22-24-28-32-39(44)31-27-23-20-13-11-9-7-2/h15-16,20,23,27,31,40H,6-14,17-19,21-22,24-26,28-30,32-38H2,1-5H3/p+1/b16-15-,23-20-,31-27+/t40-/m1/s1. The smallest absolute Gasteiger partial charge is 0.462 e. The SMILES string of the molecule is CCCCC/C=C\C=C\C(=O)CCCCCCCC(=O)O[C@H](COC(=O)CCCCCCC/C=C\CCCCCC)COP(=O)(O)OCC[N+](C)(C)C. The molecule has 0 bridgehead atoms. The number of likely N-dealkylation sites (N-methyl/N-ethyl adjacent to an activating group) is 1. The van der Waals surface area contributed by atoms with Crippen LogP contribution >= 0.6 is 7.82 Å². The van der Waals surface area contributed by atoms with E-state index in [1.165, 1.54) is 51.4 Å².